The average Bonchev–Trinajstić information content (AvgIpc) is 3.06. The number of Topliss-reactive ketones (excluding diaryl/α,β-unsaturated/α-hetero) is 1. The molecule has 1 aromatic carbocycles. The molecule has 2 heterocycles. The number of hydrogen-bond donors (Lipinski definition) is 0. The topological polar surface area (TPSA) is 47.4 Å². The zero-order valence-electron chi connectivity index (χ0n) is 16.2. The second kappa shape index (κ2) is 8.15. The van der Waals surface area contributed by atoms with Gasteiger partial charge in [0, 0.05) is 25.7 Å². The highest BCUT2D eigenvalue weighted by Crippen LogP contribution is 2.30. The largest absolute Gasteiger partial charge is 0.497 e. The third-order valence-corrected chi connectivity index (χ3v) is 5.88. The molecule has 1 saturated carbocycles. The Morgan fingerprint density at radius 3 is 2.63 bits per heavy atom. The van der Waals surface area contributed by atoms with Crippen LogP contribution in [-0.4, -0.2) is 35.8 Å². The summed E-state index contributed by atoms with van der Waals surface area (Å²) in [4.78, 5) is 15.0. The lowest BCUT2D eigenvalue weighted by atomic mass is 9.89. The normalized spacial score (nSPS) is 18.3. The Morgan fingerprint density at radius 1 is 1.11 bits per heavy atom. The van der Waals surface area contributed by atoms with Crippen molar-refractivity contribution in [3.05, 3.63) is 41.6 Å². The van der Waals surface area contributed by atoms with Gasteiger partial charge in [-0.15, -0.1) is 0 Å². The number of methoxy groups -OCH3 is 1. The van der Waals surface area contributed by atoms with Gasteiger partial charge in [-0.3, -0.25) is 9.48 Å². The van der Waals surface area contributed by atoms with Gasteiger partial charge in [0.05, 0.1) is 19.2 Å². The molecule has 0 atom stereocenters. The monoisotopic (exact) mass is 367 g/mol. The number of rotatable bonds is 5. The lowest BCUT2D eigenvalue weighted by Gasteiger charge is -2.29. The fraction of sp³-hybridized carbons (Fsp3) is 0.545. The Bertz CT molecular complexity index is 775. The van der Waals surface area contributed by atoms with E-state index in [1.54, 1.807) is 7.11 Å². The molecule has 0 N–H and O–H groups in total. The second-order valence-electron chi connectivity index (χ2n) is 7.89. The van der Waals surface area contributed by atoms with E-state index in [1.165, 1.54) is 32.1 Å². The summed E-state index contributed by atoms with van der Waals surface area (Å²) in [6.45, 7) is 2.65. The average molecular weight is 367 g/mol. The quantitative estimate of drug-likeness (QED) is 0.790. The highest BCUT2D eigenvalue weighted by molar-refractivity contribution is 6.01. The van der Waals surface area contributed by atoms with Crippen LogP contribution >= 0.6 is 0 Å². The Kier molecular flexibility index (Phi) is 5.46. The van der Waals surface area contributed by atoms with Crippen molar-refractivity contribution in [1.29, 1.82) is 0 Å². The molecular formula is C22H29N3O2. The maximum absolute atomic E-state index is 12.6. The van der Waals surface area contributed by atoms with E-state index in [-0.39, 0.29) is 5.78 Å². The fourth-order valence-corrected chi connectivity index (χ4v) is 4.37. The minimum atomic E-state index is 0.233. The Morgan fingerprint density at radius 2 is 1.89 bits per heavy atom. The van der Waals surface area contributed by atoms with Gasteiger partial charge in [-0.25, -0.2) is 0 Å². The van der Waals surface area contributed by atoms with E-state index < -0.39 is 0 Å². The Labute approximate surface area is 161 Å². The van der Waals surface area contributed by atoms with Gasteiger partial charge >= 0.3 is 0 Å². The van der Waals surface area contributed by atoms with E-state index in [1.807, 2.05) is 35.1 Å². The van der Waals surface area contributed by atoms with Crippen LogP contribution in [0.4, 0.5) is 5.82 Å². The third kappa shape index (κ3) is 4.18. The van der Waals surface area contributed by atoms with Crippen LogP contribution in [0.3, 0.4) is 0 Å². The molecule has 1 aliphatic carbocycles. The van der Waals surface area contributed by atoms with Crippen molar-refractivity contribution >= 4 is 11.6 Å². The summed E-state index contributed by atoms with van der Waals surface area (Å²) in [5.74, 6) is 2.73. The molecule has 5 nitrogen and oxygen atoms in total. The maximum Gasteiger partial charge on any atom is 0.168 e. The van der Waals surface area contributed by atoms with Crippen molar-refractivity contribution < 1.29 is 9.53 Å². The number of aromatic nitrogens is 2. The van der Waals surface area contributed by atoms with Gasteiger partial charge in [-0.2, -0.15) is 5.10 Å². The predicted octanol–water partition coefficient (Wildman–Crippen LogP) is 4.30. The van der Waals surface area contributed by atoms with Crippen molar-refractivity contribution in [2.24, 2.45) is 5.92 Å². The molecule has 4 rings (SSSR count). The summed E-state index contributed by atoms with van der Waals surface area (Å²) < 4.78 is 7.15. The van der Waals surface area contributed by atoms with Gasteiger partial charge < -0.3 is 9.64 Å². The number of ketones is 1. The van der Waals surface area contributed by atoms with E-state index in [4.69, 9.17) is 9.84 Å². The maximum atomic E-state index is 12.6. The zero-order chi connectivity index (χ0) is 18.6. The van der Waals surface area contributed by atoms with Crippen LogP contribution in [0.25, 0.3) is 0 Å². The molecule has 0 amide bonds. The van der Waals surface area contributed by atoms with Crippen molar-refractivity contribution in [1.82, 2.24) is 9.78 Å². The summed E-state index contributed by atoms with van der Waals surface area (Å²) in [5, 5.41) is 4.84. The summed E-state index contributed by atoms with van der Waals surface area (Å²) in [5.41, 5.74) is 1.96. The van der Waals surface area contributed by atoms with E-state index >= 15 is 0 Å². The lowest BCUT2D eigenvalue weighted by Crippen LogP contribution is -2.31. The number of nitrogens with zero attached hydrogens (tertiary/aromatic N) is 3. The second-order valence-corrected chi connectivity index (χ2v) is 7.89. The molecule has 2 aromatic rings. The van der Waals surface area contributed by atoms with Crippen LogP contribution in [0, 0.1) is 5.92 Å². The van der Waals surface area contributed by atoms with E-state index in [0.717, 1.165) is 48.1 Å². The van der Waals surface area contributed by atoms with Crippen molar-refractivity contribution in [3.63, 3.8) is 0 Å². The molecule has 0 bridgehead atoms. The minimum Gasteiger partial charge on any atom is -0.497 e. The highest BCUT2D eigenvalue weighted by atomic mass is 16.5. The Hall–Kier alpha value is -2.30. The molecule has 1 aliphatic heterocycles. The van der Waals surface area contributed by atoms with Crippen LogP contribution in [-0.2, 0) is 6.54 Å². The molecule has 0 saturated heterocycles. The van der Waals surface area contributed by atoms with Crippen molar-refractivity contribution in [2.75, 3.05) is 25.1 Å². The number of anilines is 1. The zero-order valence-corrected chi connectivity index (χ0v) is 16.2. The number of carbonyl (C=O) groups excluding carboxylic acids is 1. The van der Waals surface area contributed by atoms with Gasteiger partial charge in [0.25, 0.3) is 0 Å². The molecule has 1 fully saturated rings. The standard InChI is InChI=1S/C22H29N3O2/c1-27-19-11-9-18(10-12-19)15-25-16-20-21(26)8-5-13-24(22(20)23-25)14-17-6-3-2-4-7-17/h9-12,16-17H,2-8,13-15H2,1H3. The van der Waals surface area contributed by atoms with Crippen LogP contribution in [0.1, 0.15) is 60.9 Å². The summed E-state index contributed by atoms with van der Waals surface area (Å²) in [7, 11) is 1.67. The van der Waals surface area contributed by atoms with Crippen molar-refractivity contribution in [2.45, 2.75) is 51.5 Å². The van der Waals surface area contributed by atoms with E-state index in [0.29, 0.717) is 13.0 Å². The number of carbonyl (C=O) groups is 1. The van der Waals surface area contributed by atoms with Gasteiger partial charge in [-0.1, -0.05) is 31.4 Å². The molecule has 1 aromatic heterocycles. The first-order chi connectivity index (χ1) is 13.2. The van der Waals surface area contributed by atoms with Gasteiger partial charge in [0.15, 0.2) is 11.6 Å². The van der Waals surface area contributed by atoms with Gasteiger partial charge in [0.2, 0.25) is 0 Å². The third-order valence-electron chi connectivity index (χ3n) is 5.88. The van der Waals surface area contributed by atoms with Gasteiger partial charge in [0.1, 0.15) is 5.75 Å². The Balaban J connectivity index is 1.54. The molecule has 0 radical (unpaired) electrons. The number of benzene rings is 1. The van der Waals surface area contributed by atoms with Crippen LogP contribution in [0.2, 0.25) is 0 Å². The summed E-state index contributed by atoms with van der Waals surface area (Å²) in [6, 6.07) is 8.02. The number of ether oxygens (including phenoxy) is 1. The lowest BCUT2D eigenvalue weighted by molar-refractivity contribution is 0.0983. The summed E-state index contributed by atoms with van der Waals surface area (Å²) >= 11 is 0. The number of hydrogen-bond acceptors (Lipinski definition) is 4. The predicted molar refractivity (Wildman–Crippen MR) is 107 cm³/mol. The smallest absolute Gasteiger partial charge is 0.168 e. The first-order valence-electron chi connectivity index (χ1n) is 10.2. The minimum absolute atomic E-state index is 0.233. The van der Waals surface area contributed by atoms with Crippen LogP contribution in [0.5, 0.6) is 5.75 Å². The molecule has 0 spiro atoms. The van der Waals surface area contributed by atoms with Gasteiger partial charge in [-0.05, 0) is 42.9 Å². The first kappa shape index (κ1) is 18.1. The highest BCUT2D eigenvalue weighted by Gasteiger charge is 2.27. The van der Waals surface area contributed by atoms with Crippen LogP contribution in [0.15, 0.2) is 30.5 Å². The molecule has 0 unspecified atom stereocenters. The fourth-order valence-electron chi connectivity index (χ4n) is 4.37. The van der Waals surface area contributed by atoms with Crippen LogP contribution < -0.4 is 9.64 Å². The molecule has 27 heavy (non-hydrogen) atoms. The van der Waals surface area contributed by atoms with E-state index in [2.05, 4.69) is 4.90 Å². The first-order valence-corrected chi connectivity index (χ1v) is 10.2. The van der Waals surface area contributed by atoms with E-state index in [9.17, 15) is 4.79 Å². The summed E-state index contributed by atoms with van der Waals surface area (Å²) in [6.07, 6.45) is 10.2. The molecular weight excluding hydrogens is 338 g/mol. The van der Waals surface area contributed by atoms with Crippen molar-refractivity contribution in [3.8, 4) is 5.75 Å². The molecule has 144 valence electrons. The molecule has 2 aliphatic rings. The number of fused-ring (bicyclic) bond motifs is 1. The molecule has 5 heteroatoms. The SMILES string of the molecule is COc1ccc(Cn2cc3c(n2)N(CC2CCCCC2)CCCC3=O)cc1.